The van der Waals surface area contributed by atoms with Gasteiger partial charge >= 0.3 is 0 Å². The fourth-order valence-electron chi connectivity index (χ4n) is 3.43. The number of carbonyl (C=O) groups is 2. The van der Waals surface area contributed by atoms with Crippen LogP contribution in [0, 0.1) is 5.92 Å². The van der Waals surface area contributed by atoms with E-state index in [1.54, 1.807) is 0 Å². The Labute approximate surface area is 148 Å². The van der Waals surface area contributed by atoms with Crippen molar-refractivity contribution in [1.29, 1.82) is 0 Å². The van der Waals surface area contributed by atoms with Gasteiger partial charge in [0.2, 0.25) is 11.8 Å². The molecule has 132 valence electrons. The van der Waals surface area contributed by atoms with Crippen molar-refractivity contribution in [1.82, 2.24) is 10.2 Å². The molecular weight excluding hydrogens is 314 g/mol. The van der Waals surface area contributed by atoms with E-state index in [9.17, 15) is 9.59 Å². The Morgan fingerprint density at radius 1 is 1.16 bits per heavy atom. The molecule has 2 aromatic rings. The van der Waals surface area contributed by atoms with E-state index in [1.165, 1.54) is 10.8 Å². The minimum absolute atomic E-state index is 0.0122. The standard InChI is InChI=1S/C20H25N3O2/c1-14(17-7-6-15-4-2-3-5-18(15)12-17)22-19(24)13-23-10-8-16(9-11-23)20(21)25/h2-7,12,14,16H,8-11,13H2,1H3,(H2,21,25)(H,22,24)/t14-/m1/s1. The van der Waals surface area contributed by atoms with Crippen LogP contribution >= 0.6 is 0 Å². The molecule has 1 aliphatic rings. The van der Waals surface area contributed by atoms with Crippen molar-refractivity contribution >= 4 is 22.6 Å². The van der Waals surface area contributed by atoms with Crippen molar-refractivity contribution in [3.63, 3.8) is 0 Å². The average Bonchev–Trinajstić information content (AvgIpc) is 2.61. The largest absolute Gasteiger partial charge is 0.369 e. The molecule has 0 aliphatic carbocycles. The lowest BCUT2D eigenvalue weighted by Crippen LogP contribution is -2.44. The van der Waals surface area contributed by atoms with E-state index in [1.807, 2.05) is 19.1 Å². The second-order valence-corrected chi connectivity index (χ2v) is 6.85. The molecule has 0 spiro atoms. The number of carbonyl (C=O) groups excluding carboxylic acids is 2. The summed E-state index contributed by atoms with van der Waals surface area (Å²) in [6.07, 6.45) is 1.48. The van der Waals surface area contributed by atoms with Gasteiger partial charge in [-0.3, -0.25) is 14.5 Å². The smallest absolute Gasteiger partial charge is 0.234 e. The van der Waals surface area contributed by atoms with Gasteiger partial charge in [-0.25, -0.2) is 0 Å². The highest BCUT2D eigenvalue weighted by Gasteiger charge is 2.24. The Kier molecular flexibility index (Phi) is 5.34. The number of likely N-dealkylation sites (tertiary alicyclic amines) is 1. The third-order valence-corrected chi connectivity index (χ3v) is 5.01. The van der Waals surface area contributed by atoms with Gasteiger partial charge in [0.15, 0.2) is 0 Å². The van der Waals surface area contributed by atoms with Crippen LogP contribution in [0.5, 0.6) is 0 Å². The molecule has 0 aromatic heterocycles. The molecule has 2 amide bonds. The number of primary amides is 1. The van der Waals surface area contributed by atoms with E-state index in [0.29, 0.717) is 6.54 Å². The molecule has 0 bridgehead atoms. The quantitative estimate of drug-likeness (QED) is 0.877. The van der Waals surface area contributed by atoms with E-state index in [0.717, 1.165) is 31.5 Å². The van der Waals surface area contributed by atoms with E-state index < -0.39 is 0 Å². The fraction of sp³-hybridized carbons (Fsp3) is 0.400. The zero-order valence-corrected chi connectivity index (χ0v) is 14.6. The van der Waals surface area contributed by atoms with Gasteiger partial charge in [-0.2, -0.15) is 0 Å². The predicted molar refractivity (Wildman–Crippen MR) is 98.9 cm³/mol. The predicted octanol–water partition coefficient (Wildman–Crippen LogP) is 2.21. The summed E-state index contributed by atoms with van der Waals surface area (Å²) in [5, 5.41) is 5.44. The van der Waals surface area contributed by atoms with Crippen LogP contribution < -0.4 is 11.1 Å². The molecule has 1 atom stereocenters. The SMILES string of the molecule is C[C@@H](NC(=O)CN1CCC(C(N)=O)CC1)c1ccc2ccccc2c1. The van der Waals surface area contributed by atoms with Gasteiger partial charge in [0.05, 0.1) is 12.6 Å². The summed E-state index contributed by atoms with van der Waals surface area (Å²) in [4.78, 5) is 25.6. The van der Waals surface area contributed by atoms with Crippen molar-refractivity contribution in [3.05, 3.63) is 48.0 Å². The second-order valence-electron chi connectivity index (χ2n) is 6.85. The van der Waals surface area contributed by atoms with Crippen LogP contribution in [0.25, 0.3) is 10.8 Å². The molecule has 5 nitrogen and oxygen atoms in total. The van der Waals surface area contributed by atoms with Gasteiger partial charge in [0, 0.05) is 5.92 Å². The topological polar surface area (TPSA) is 75.4 Å². The summed E-state index contributed by atoms with van der Waals surface area (Å²) >= 11 is 0. The first-order valence-corrected chi connectivity index (χ1v) is 8.82. The van der Waals surface area contributed by atoms with Crippen LogP contribution in [-0.2, 0) is 9.59 Å². The first-order chi connectivity index (χ1) is 12.0. The Balaban J connectivity index is 1.54. The summed E-state index contributed by atoms with van der Waals surface area (Å²) in [5.41, 5.74) is 6.44. The maximum absolute atomic E-state index is 12.3. The maximum Gasteiger partial charge on any atom is 0.234 e. The Morgan fingerprint density at radius 3 is 2.52 bits per heavy atom. The van der Waals surface area contributed by atoms with Crippen molar-refractivity contribution in [2.75, 3.05) is 19.6 Å². The molecule has 0 saturated carbocycles. The van der Waals surface area contributed by atoms with Gasteiger partial charge in [-0.1, -0.05) is 36.4 Å². The summed E-state index contributed by atoms with van der Waals surface area (Å²) in [5.74, 6) is -0.261. The third-order valence-electron chi connectivity index (χ3n) is 5.01. The summed E-state index contributed by atoms with van der Waals surface area (Å²) in [7, 11) is 0. The van der Waals surface area contributed by atoms with Crippen LogP contribution in [0.15, 0.2) is 42.5 Å². The molecule has 2 aromatic carbocycles. The highest BCUT2D eigenvalue weighted by Crippen LogP contribution is 2.20. The summed E-state index contributed by atoms with van der Waals surface area (Å²) in [6.45, 7) is 3.85. The first kappa shape index (κ1) is 17.4. The lowest BCUT2D eigenvalue weighted by Gasteiger charge is -2.30. The molecule has 0 radical (unpaired) electrons. The van der Waals surface area contributed by atoms with Crippen LogP contribution in [0.4, 0.5) is 0 Å². The normalized spacial score (nSPS) is 17.3. The first-order valence-electron chi connectivity index (χ1n) is 8.82. The number of hydrogen-bond donors (Lipinski definition) is 2. The molecule has 25 heavy (non-hydrogen) atoms. The zero-order chi connectivity index (χ0) is 17.8. The van der Waals surface area contributed by atoms with Crippen molar-refractivity contribution in [2.45, 2.75) is 25.8 Å². The molecule has 3 N–H and O–H groups in total. The molecule has 5 heteroatoms. The Morgan fingerprint density at radius 2 is 1.84 bits per heavy atom. The number of piperidine rings is 1. The van der Waals surface area contributed by atoms with Crippen molar-refractivity contribution < 1.29 is 9.59 Å². The average molecular weight is 339 g/mol. The van der Waals surface area contributed by atoms with Crippen LogP contribution in [0.1, 0.15) is 31.4 Å². The van der Waals surface area contributed by atoms with Gasteiger partial charge in [0.25, 0.3) is 0 Å². The number of rotatable bonds is 5. The molecule has 1 saturated heterocycles. The summed E-state index contributed by atoms with van der Waals surface area (Å²) in [6, 6.07) is 14.4. The molecule has 1 aliphatic heterocycles. The van der Waals surface area contributed by atoms with Crippen LogP contribution in [-0.4, -0.2) is 36.3 Å². The highest BCUT2D eigenvalue weighted by atomic mass is 16.2. The number of fused-ring (bicyclic) bond motifs is 1. The monoisotopic (exact) mass is 339 g/mol. The van der Waals surface area contributed by atoms with Gasteiger partial charge in [0.1, 0.15) is 0 Å². The number of nitrogens with two attached hydrogens (primary N) is 1. The number of nitrogens with one attached hydrogen (secondary N) is 1. The maximum atomic E-state index is 12.3. The van der Waals surface area contributed by atoms with Gasteiger partial charge < -0.3 is 11.1 Å². The van der Waals surface area contributed by atoms with E-state index in [2.05, 4.69) is 40.5 Å². The lowest BCUT2D eigenvalue weighted by molar-refractivity contribution is -0.124. The second kappa shape index (κ2) is 7.66. The van der Waals surface area contributed by atoms with Gasteiger partial charge in [-0.15, -0.1) is 0 Å². The number of amides is 2. The van der Waals surface area contributed by atoms with E-state index in [-0.39, 0.29) is 23.8 Å². The minimum atomic E-state index is -0.228. The molecule has 3 rings (SSSR count). The fourth-order valence-corrected chi connectivity index (χ4v) is 3.43. The molecule has 1 heterocycles. The van der Waals surface area contributed by atoms with E-state index in [4.69, 9.17) is 5.73 Å². The number of hydrogen-bond acceptors (Lipinski definition) is 3. The van der Waals surface area contributed by atoms with Gasteiger partial charge in [-0.05, 0) is 55.3 Å². The minimum Gasteiger partial charge on any atom is -0.369 e. The molecule has 0 unspecified atom stereocenters. The molecular formula is C20H25N3O2. The lowest BCUT2D eigenvalue weighted by atomic mass is 9.96. The van der Waals surface area contributed by atoms with Crippen LogP contribution in [0.2, 0.25) is 0 Å². The van der Waals surface area contributed by atoms with Crippen molar-refractivity contribution in [2.24, 2.45) is 11.7 Å². The Hall–Kier alpha value is -2.40. The number of nitrogens with zero attached hydrogens (tertiary/aromatic N) is 1. The Bertz CT molecular complexity index is 766. The highest BCUT2D eigenvalue weighted by molar-refractivity contribution is 5.83. The number of benzene rings is 2. The zero-order valence-electron chi connectivity index (χ0n) is 14.6. The third kappa shape index (κ3) is 4.37. The molecule has 1 fully saturated rings. The summed E-state index contributed by atoms with van der Waals surface area (Å²) < 4.78 is 0. The van der Waals surface area contributed by atoms with Crippen LogP contribution in [0.3, 0.4) is 0 Å². The van der Waals surface area contributed by atoms with E-state index >= 15 is 0 Å². The van der Waals surface area contributed by atoms with Crippen molar-refractivity contribution in [3.8, 4) is 0 Å².